The highest BCUT2D eigenvalue weighted by Gasteiger charge is 2.18. The largest absolute Gasteiger partial charge is 0.395 e. The van der Waals surface area contributed by atoms with Gasteiger partial charge in [0.25, 0.3) is 0 Å². The van der Waals surface area contributed by atoms with Crippen LogP contribution in [0.2, 0.25) is 0 Å². The molecular weight excluding hydrogens is 285 g/mol. The van der Waals surface area contributed by atoms with Crippen LogP contribution in [0, 0.1) is 5.82 Å². The summed E-state index contributed by atoms with van der Waals surface area (Å²) in [7, 11) is -3.82. The molecule has 0 fully saturated rings. The third-order valence-corrected chi connectivity index (χ3v) is 4.17. The summed E-state index contributed by atoms with van der Waals surface area (Å²) in [5.74, 6) is -0.0796. The minimum Gasteiger partial charge on any atom is -0.395 e. The lowest BCUT2D eigenvalue weighted by molar-refractivity contribution is 0.576. The van der Waals surface area contributed by atoms with E-state index in [1.54, 1.807) is 0 Å². The molecule has 0 saturated heterocycles. The van der Waals surface area contributed by atoms with Crippen molar-refractivity contribution < 1.29 is 12.8 Å². The predicted molar refractivity (Wildman–Crippen MR) is 70.7 cm³/mol. The van der Waals surface area contributed by atoms with E-state index in [0.29, 0.717) is 18.7 Å². The maximum absolute atomic E-state index is 13.2. The Hall–Kier alpha value is -2.00. The van der Waals surface area contributed by atoms with Gasteiger partial charge in [0, 0.05) is 13.0 Å². The first-order valence-electron chi connectivity index (χ1n) is 5.88. The van der Waals surface area contributed by atoms with E-state index in [4.69, 9.17) is 5.73 Å². The molecule has 2 aromatic rings. The van der Waals surface area contributed by atoms with Crippen LogP contribution in [-0.4, -0.2) is 30.1 Å². The van der Waals surface area contributed by atoms with Crippen molar-refractivity contribution in [1.29, 1.82) is 0 Å². The first kappa shape index (κ1) is 14.4. The molecule has 0 bridgehead atoms. The number of aryl methyl sites for hydroxylation is 1. The molecule has 1 heterocycles. The van der Waals surface area contributed by atoms with Crippen molar-refractivity contribution in [2.75, 3.05) is 12.3 Å². The number of hydrogen-bond acceptors (Lipinski definition) is 5. The van der Waals surface area contributed by atoms with Crippen molar-refractivity contribution in [1.82, 2.24) is 19.9 Å². The molecule has 9 heteroatoms. The lowest BCUT2D eigenvalue weighted by Crippen LogP contribution is -2.26. The first-order valence-corrected chi connectivity index (χ1v) is 7.37. The van der Waals surface area contributed by atoms with Gasteiger partial charge in [0.2, 0.25) is 10.0 Å². The molecule has 4 N–H and O–H groups in total. The summed E-state index contributed by atoms with van der Waals surface area (Å²) in [4.78, 5) is 3.67. The van der Waals surface area contributed by atoms with E-state index in [2.05, 4.69) is 19.9 Å². The minimum absolute atomic E-state index is 0.193. The number of benzene rings is 1. The minimum atomic E-state index is -3.82. The standard InChI is InChI=1S/C11H14FN5O2S/c12-8-3-1-4-9(11(8)13)20(18,19)16-6-2-5-10-14-7-15-17-10/h1,3-4,7,16H,2,5-6,13H2,(H,14,15,17). The summed E-state index contributed by atoms with van der Waals surface area (Å²) < 4.78 is 39.6. The first-order chi connectivity index (χ1) is 9.50. The Morgan fingerprint density at radius 3 is 2.90 bits per heavy atom. The fraction of sp³-hybridized carbons (Fsp3) is 0.273. The van der Waals surface area contributed by atoms with Crippen molar-refractivity contribution in [2.45, 2.75) is 17.7 Å². The zero-order valence-corrected chi connectivity index (χ0v) is 11.3. The van der Waals surface area contributed by atoms with Gasteiger partial charge in [0.15, 0.2) is 0 Å². The number of aromatic nitrogens is 3. The van der Waals surface area contributed by atoms with Crippen molar-refractivity contribution in [3.05, 3.63) is 36.2 Å². The molecule has 2 rings (SSSR count). The predicted octanol–water partition coefficient (Wildman–Crippen LogP) is 0.437. The number of nitrogens with zero attached hydrogens (tertiary/aromatic N) is 2. The van der Waals surface area contributed by atoms with Gasteiger partial charge in [-0.3, -0.25) is 5.10 Å². The van der Waals surface area contributed by atoms with Gasteiger partial charge in [-0.1, -0.05) is 6.07 Å². The Labute approximate surface area is 115 Å². The van der Waals surface area contributed by atoms with Crippen LogP contribution in [0.25, 0.3) is 0 Å². The average Bonchev–Trinajstić information content (AvgIpc) is 2.91. The molecule has 0 aliphatic carbocycles. The number of rotatable bonds is 6. The van der Waals surface area contributed by atoms with Crippen molar-refractivity contribution in [3.8, 4) is 0 Å². The molecule has 0 spiro atoms. The molecule has 0 aliphatic rings. The zero-order chi connectivity index (χ0) is 14.6. The highest BCUT2D eigenvalue weighted by atomic mass is 32.2. The van der Waals surface area contributed by atoms with E-state index in [-0.39, 0.29) is 17.1 Å². The van der Waals surface area contributed by atoms with Crippen LogP contribution in [0.1, 0.15) is 12.2 Å². The van der Waals surface area contributed by atoms with Gasteiger partial charge in [-0.15, -0.1) is 0 Å². The normalized spacial score (nSPS) is 11.7. The van der Waals surface area contributed by atoms with E-state index in [9.17, 15) is 12.8 Å². The second-order valence-corrected chi connectivity index (χ2v) is 5.82. The van der Waals surface area contributed by atoms with E-state index in [1.807, 2.05) is 0 Å². The SMILES string of the molecule is Nc1c(F)cccc1S(=O)(=O)NCCCc1ncn[nH]1. The average molecular weight is 299 g/mol. The molecule has 0 radical (unpaired) electrons. The van der Waals surface area contributed by atoms with Crippen LogP contribution in [-0.2, 0) is 16.4 Å². The summed E-state index contributed by atoms with van der Waals surface area (Å²) in [6.45, 7) is 0.193. The molecule has 0 unspecified atom stereocenters. The number of hydrogen-bond donors (Lipinski definition) is 3. The lowest BCUT2D eigenvalue weighted by Gasteiger charge is -2.09. The third-order valence-electron chi connectivity index (χ3n) is 2.65. The molecule has 0 atom stereocenters. The summed E-state index contributed by atoms with van der Waals surface area (Å²) in [5.41, 5.74) is 5.05. The van der Waals surface area contributed by atoms with E-state index >= 15 is 0 Å². The highest BCUT2D eigenvalue weighted by molar-refractivity contribution is 7.89. The molecular formula is C11H14FN5O2S. The number of nitrogens with one attached hydrogen (secondary N) is 2. The molecule has 1 aromatic carbocycles. The maximum atomic E-state index is 13.2. The Morgan fingerprint density at radius 2 is 2.20 bits per heavy atom. The monoisotopic (exact) mass is 299 g/mol. The fourth-order valence-electron chi connectivity index (χ4n) is 1.64. The lowest BCUT2D eigenvalue weighted by atomic mass is 10.3. The van der Waals surface area contributed by atoms with Crippen molar-refractivity contribution >= 4 is 15.7 Å². The number of sulfonamides is 1. The smallest absolute Gasteiger partial charge is 0.242 e. The van der Waals surface area contributed by atoms with Crippen LogP contribution in [0.5, 0.6) is 0 Å². The van der Waals surface area contributed by atoms with Gasteiger partial charge < -0.3 is 5.73 Å². The molecule has 1 aromatic heterocycles. The highest BCUT2D eigenvalue weighted by Crippen LogP contribution is 2.20. The van der Waals surface area contributed by atoms with Gasteiger partial charge in [0.1, 0.15) is 22.9 Å². The maximum Gasteiger partial charge on any atom is 0.242 e. The summed E-state index contributed by atoms with van der Waals surface area (Å²) in [6.07, 6.45) is 2.47. The van der Waals surface area contributed by atoms with Gasteiger partial charge in [-0.05, 0) is 18.6 Å². The number of aromatic amines is 1. The molecule has 0 aliphatic heterocycles. The number of para-hydroxylation sites is 1. The quantitative estimate of drug-likeness (QED) is 0.529. The van der Waals surface area contributed by atoms with Gasteiger partial charge in [-0.25, -0.2) is 22.5 Å². The second kappa shape index (κ2) is 5.97. The van der Waals surface area contributed by atoms with E-state index in [0.717, 1.165) is 6.07 Å². The van der Waals surface area contributed by atoms with Crippen LogP contribution in [0.15, 0.2) is 29.4 Å². The Morgan fingerprint density at radius 1 is 1.40 bits per heavy atom. The zero-order valence-electron chi connectivity index (χ0n) is 10.5. The van der Waals surface area contributed by atoms with Crippen molar-refractivity contribution in [3.63, 3.8) is 0 Å². The van der Waals surface area contributed by atoms with E-state index < -0.39 is 15.8 Å². The topological polar surface area (TPSA) is 114 Å². The number of nitrogen functional groups attached to an aromatic ring is 1. The summed E-state index contributed by atoms with van der Waals surface area (Å²) >= 11 is 0. The van der Waals surface area contributed by atoms with E-state index in [1.165, 1.54) is 18.5 Å². The number of H-pyrrole nitrogens is 1. The third kappa shape index (κ3) is 3.31. The summed E-state index contributed by atoms with van der Waals surface area (Å²) in [6, 6.07) is 3.67. The van der Waals surface area contributed by atoms with Gasteiger partial charge >= 0.3 is 0 Å². The number of anilines is 1. The summed E-state index contributed by atoms with van der Waals surface area (Å²) in [5, 5.41) is 6.36. The Balaban J connectivity index is 1.95. The van der Waals surface area contributed by atoms with Crippen LogP contribution in [0.4, 0.5) is 10.1 Å². The molecule has 20 heavy (non-hydrogen) atoms. The molecule has 7 nitrogen and oxygen atoms in total. The molecule has 108 valence electrons. The fourth-order valence-corrected chi connectivity index (χ4v) is 2.86. The Bertz CT molecular complexity index is 672. The molecule has 0 amide bonds. The van der Waals surface area contributed by atoms with Crippen LogP contribution in [0.3, 0.4) is 0 Å². The van der Waals surface area contributed by atoms with Gasteiger partial charge in [0.05, 0.1) is 5.69 Å². The molecule has 0 saturated carbocycles. The number of halogens is 1. The van der Waals surface area contributed by atoms with Crippen molar-refractivity contribution in [2.24, 2.45) is 0 Å². The number of nitrogens with two attached hydrogens (primary N) is 1. The Kier molecular flexibility index (Phi) is 4.30. The second-order valence-electron chi connectivity index (χ2n) is 4.09. The van der Waals surface area contributed by atoms with Crippen LogP contribution >= 0.6 is 0 Å². The van der Waals surface area contributed by atoms with Crippen LogP contribution < -0.4 is 10.5 Å². The van der Waals surface area contributed by atoms with Gasteiger partial charge in [-0.2, -0.15) is 5.10 Å².